The Morgan fingerprint density at radius 3 is 2.70 bits per heavy atom. The van der Waals surface area contributed by atoms with Crippen molar-refractivity contribution in [1.82, 2.24) is 14.7 Å². The predicted molar refractivity (Wildman–Crippen MR) is 113 cm³/mol. The van der Waals surface area contributed by atoms with Gasteiger partial charge in [-0.2, -0.15) is 18.3 Å². The second kappa shape index (κ2) is 9.22. The molecule has 0 radical (unpaired) electrons. The summed E-state index contributed by atoms with van der Waals surface area (Å²) in [6.45, 7) is 0.894. The van der Waals surface area contributed by atoms with E-state index >= 15 is 0 Å². The van der Waals surface area contributed by atoms with Crippen LogP contribution >= 0.6 is 0 Å². The van der Waals surface area contributed by atoms with Gasteiger partial charge in [-0.05, 0) is 29.8 Å². The Balaban J connectivity index is 1.44. The number of carbonyl (C=O) groups excluding carboxylic acids is 1. The number of nitrogens with one attached hydrogen (secondary N) is 1. The third-order valence-corrected chi connectivity index (χ3v) is 5.48. The first kappa shape index (κ1) is 22.8. The van der Waals surface area contributed by atoms with Crippen molar-refractivity contribution in [3.63, 3.8) is 0 Å². The van der Waals surface area contributed by atoms with E-state index in [1.807, 2.05) is 0 Å². The van der Waals surface area contributed by atoms with Crippen molar-refractivity contribution < 1.29 is 27.1 Å². The molecule has 174 valence electrons. The molecule has 1 aromatic heterocycles. The van der Waals surface area contributed by atoms with Crippen LogP contribution in [0.5, 0.6) is 0 Å². The predicted octanol–water partition coefficient (Wildman–Crippen LogP) is 4.89. The van der Waals surface area contributed by atoms with Crippen molar-refractivity contribution in [3.8, 4) is 0 Å². The van der Waals surface area contributed by atoms with Crippen molar-refractivity contribution in [2.75, 3.05) is 11.9 Å². The number of para-hydroxylation sites is 1. The molecule has 33 heavy (non-hydrogen) atoms. The maximum absolute atomic E-state index is 13.3. The summed E-state index contributed by atoms with van der Waals surface area (Å²) in [5.41, 5.74) is 1.89. The molecule has 6 nitrogen and oxygen atoms in total. The number of rotatable bonds is 5. The number of halogens is 4. The zero-order chi connectivity index (χ0) is 23.6. The van der Waals surface area contributed by atoms with Gasteiger partial charge in [0.05, 0.1) is 36.7 Å². The maximum atomic E-state index is 13.3. The number of fused-ring (bicyclic) bond motifs is 1. The fraction of sp³-hybridized carbons (Fsp3) is 0.304. The molecule has 1 aliphatic rings. The van der Waals surface area contributed by atoms with Gasteiger partial charge in [-0.1, -0.05) is 24.3 Å². The van der Waals surface area contributed by atoms with E-state index in [9.17, 15) is 22.4 Å². The molecule has 4 rings (SSSR count). The Hall–Kier alpha value is -3.40. The number of anilines is 1. The number of benzene rings is 2. The number of aryl methyl sites for hydroxylation is 1. The van der Waals surface area contributed by atoms with Gasteiger partial charge in [0.1, 0.15) is 5.82 Å². The van der Waals surface area contributed by atoms with E-state index in [-0.39, 0.29) is 31.3 Å². The fourth-order valence-corrected chi connectivity index (χ4v) is 3.88. The lowest BCUT2D eigenvalue weighted by Crippen LogP contribution is -2.39. The number of hydrogen-bond acceptors (Lipinski definition) is 3. The van der Waals surface area contributed by atoms with Gasteiger partial charge >= 0.3 is 12.2 Å². The maximum Gasteiger partial charge on any atom is 0.418 e. The first-order valence-corrected chi connectivity index (χ1v) is 10.3. The topological polar surface area (TPSA) is 59.4 Å². The highest BCUT2D eigenvalue weighted by Gasteiger charge is 2.34. The zero-order valence-electron chi connectivity index (χ0n) is 17.8. The molecule has 2 amide bonds. The van der Waals surface area contributed by atoms with Gasteiger partial charge < -0.3 is 15.0 Å². The standard InChI is InChI=1S/C23H22F4N4O2/c1-30-21-9-10-31(22(32)28-19-8-3-2-7-18(19)23(25,26)27)12-17(21)20(29-30)14-33-13-15-5-4-6-16(24)11-15/h2-8,11H,9-10,12-14H2,1H3,(H,28,32). The Bertz CT molecular complexity index is 1160. The molecule has 0 fully saturated rings. The van der Waals surface area contributed by atoms with Crippen LogP contribution in [-0.4, -0.2) is 27.3 Å². The number of aromatic nitrogens is 2. The summed E-state index contributed by atoms with van der Waals surface area (Å²) in [4.78, 5) is 14.2. The van der Waals surface area contributed by atoms with Gasteiger partial charge in [0.15, 0.2) is 0 Å². The molecule has 10 heteroatoms. The van der Waals surface area contributed by atoms with E-state index in [4.69, 9.17) is 4.74 Å². The Morgan fingerprint density at radius 2 is 1.94 bits per heavy atom. The minimum absolute atomic E-state index is 0.159. The van der Waals surface area contributed by atoms with Gasteiger partial charge in [0, 0.05) is 31.3 Å². The lowest BCUT2D eigenvalue weighted by Gasteiger charge is -2.28. The molecular weight excluding hydrogens is 440 g/mol. The van der Waals surface area contributed by atoms with Gasteiger partial charge in [0.2, 0.25) is 0 Å². The van der Waals surface area contributed by atoms with Crippen LogP contribution in [0.15, 0.2) is 48.5 Å². The molecule has 0 aliphatic carbocycles. The van der Waals surface area contributed by atoms with Crippen molar-refractivity contribution in [1.29, 1.82) is 0 Å². The minimum atomic E-state index is -4.57. The first-order chi connectivity index (χ1) is 15.7. The molecule has 1 aliphatic heterocycles. The second-order valence-electron chi connectivity index (χ2n) is 7.76. The summed E-state index contributed by atoms with van der Waals surface area (Å²) < 4.78 is 60.5. The monoisotopic (exact) mass is 462 g/mol. The normalized spacial score (nSPS) is 13.7. The molecule has 2 heterocycles. The minimum Gasteiger partial charge on any atom is -0.370 e. The van der Waals surface area contributed by atoms with Gasteiger partial charge in [-0.25, -0.2) is 9.18 Å². The van der Waals surface area contributed by atoms with E-state index in [1.54, 1.807) is 23.9 Å². The summed E-state index contributed by atoms with van der Waals surface area (Å²) in [7, 11) is 1.80. The summed E-state index contributed by atoms with van der Waals surface area (Å²) in [5.74, 6) is -0.347. The van der Waals surface area contributed by atoms with Gasteiger partial charge in [-0.3, -0.25) is 4.68 Å². The molecule has 0 atom stereocenters. The van der Waals surface area contributed by atoms with Crippen molar-refractivity contribution in [2.24, 2.45) is 7.05 Å². The Morgan fingerprint density at radius 1 is 1.15 bits per heavy atom. The number of alkyl halides is 3. The third kappa shape index (κ3) is 5.16. The molecule has 0 saturated carbocycles. The molecule has 3 aromatic rings. The average Bonchev–Trinajstić information content (AvgIpc) is 3.08. The number of hydrogen-bond donors (Lipinski definition) is 1. The number of carbonyl (C=O) groups is 1. The van der Waals surface area contributed by atoms with Crippen molar-refractivity contribution in [3.05, 3.63) is 82.4 Å². The van der Waals surface area contributed by atoms with E-state index in [2.05, 4.69) is 10.4 Å². The average molecular weight is 462 g/mol. The number of urea groups is 1. The van der Waals surface area contributed by atoms with E-state index < -0.39 is 17.8 Å². The third-order valence-electron chi connectivity index (χ3n) is 5.48. The number of ether oxygens (including phenoxy) is 1. The van der Waals surface area contributed by atoms with Crippen LogP contribution in [0.1, 0.15) is 28.1 Å². The molecule has 1 N–H and O–H groups in total. The lowest BCUT2D eigenvalue weighted by molar-refractivity contribution is -0.136. The first-order valence-electron chi connectivity index (χ1n) is 10.3. The zero-order valence-corrected chi connectivity index (χ0v) is 17.8. The molecule has 0 spiro atoms. The van der Waals surface area contributed by atoms with Crippen LogP contribution in [0.25, 0.3) is 0 Å². The van der Waals surface area contributed by atoms with Gasteiger partial charge in [-0.15, -0.1) is 0 Å². The van der Waals surface area contributed by atoms with E-state index in [0.29, 0.717) is 24.2 Å². The van der Waals surface area contributed by atoms with Crippen LogP contribution in [0, 0.1) is 5.82 Å². The van der Waals surface area contributed by atoms with E-state index in [0.717, 1.165) is 17.3 Å². The van der Waals surface area contributed by atoms with E-state index in [1.165, 1.54) is 35.2 Å². The van der Waals surface area contributed by atoms with Crippen molar-refractivity contribution in [2.45, 2.75) is 32.4 Å². The SMILES string of the molecule is Cn1nc(COCc2cccc(F)c2)c2c1CCN(C(=O)Nc1ccccc1C(F)(F)F)C2. The smallest absolute Gasteiger partial charge is 0.370 e. The highest BCUT2D eigenvalue weighted by atomic mass is 19.4. The highest BCUT2D eigenvalue weighted by Crippen LogP contribution is 2.35. The molecule has 0 bridgehead atoms. The van der Waals surface area contributed by atoms with Crippen LogP contribution in [-0.2, 0) is 44.1 Å². The number of amides is 2. The fourth-order valence-electron chi connectivity index (χ4n) is 3.88. The Labute approximate surface area is 187 Å². The van der Waals surface area contributed by atoms with Crippen molar-refractivity contribution >= 4 is 11.7 Å². The molecule has 0 saturated heterocycles. The highest BCUT2D eigenvalue weighted by molar-refractivity contribution is 5.90. The summed E-state index contributed by atoms with van der Waals surface area (Å²) in [6, 6.07) is 10.3. The Kier molecular flexibility index (Phi) is 6.37. The molecular formula is C23H22F4N4O2. The summed E-state index contributed by atoms with van der Waals surface area (Å²) in [6.07, 6.45) is -4.06. The molecule has 2 aromatic carbocycles. The lowest BCUT2D eigenvalue weighted by atomic mass is 10.1. The van der Waals surface area contributed by atoms with Crippen LogP contribution < -0.4 is 5.32 Å². The van der Waals surface area contributed by atoms with Gasteiger partial charge in [0.25, 0.3) is 0 Å². The largest absolute Gasteiger partial charge is 0.418 e. The quantitative estimate of drug-likeness (QED) is 0.550. The van der Waals surface area contributed by atoms with Crippen LogP contribution in [0.2, 0.25) is 0 Å². The van der Waals surface area contributed by atoms with Crippen LogP contribution in [0.3, 0.4) is 0 Å². The molecule has 0 unspecified atom stereocenters. The van der Waals surface area contributed by atoms with Crippen LogP contribution in [0.4, 0.5) is 28.0 Å². The number of nitrogens with zero attached hydrogens (tertiary/aromatic N) is 3. The second-order valence-corrected chi connectivity index (χ2v) is 7.76. The summed E-state index contributed by atoms with van der Waals surface area (Å²) in [5, 5.41) is 6.86. The summed E-state index contributed by atoms with van der Waals surface area (Å²) >= 11 is 0.